The molecule has 0 bridgehead atoms. The van der Waals surface area contributed by atoms with Crippen LogP contribution >= 0.6 is 0 Å². The summed E-state index contributed by atoms with van der Waals surface area (Å²) in [5.74, 6) is 0.771. The fourth-order valence-electron chi connectivity index (χ4n) is 2.12. The topological polar surface area (TPSA) is 15.3 Å². The van der Waals surface area contributed by atoms with Gasteiger partial charge in [-0.1, -0.05) is 20.8 Å². The van der Waals surface area contributed by atoms with E-state index in [1.807, 2.05) is 0 Å². The molecule has 2 nitrogen and oxygen atoms in total. The number of nitrogens with one attached hydrogen (secondary N) is 1. The van der Waals surface area contributed by atoms with E-state index in [1.54, 1.807) is 0 Å². The molecule has 0 heterocycles. The number of hydrogen-bond acceptors (Lipinski definition) is 2. The molecule has 0 radical (unpaired) electrons. The summed E-state index contributed by atoms with van der Waals surface area (Å²) in [5.41, 5.74) is 0. The Balaban J connectivity index is 3.74. The van der Waals surface area contributed by atoms with Crippen molar-refractivity contribution < 1.29 is 0 Å². The fraction of sp³-hybridized carbons (Fsp3) is 1.00. The van der Waals surface area contributed by atoms with Gasteiger partial charge in [-0.05, 0) is 59.0 Å². The van der Waals surface area contributed by atoms with Gasteiger partial charge in [0.1, 0.15) is 0 Å². The second kappa shape index (κ2) is 9.90. The monoisotopic (exact) mass is 242 g/mol. The molecular weight excluding hydrogens is 208 g/mol. The number of hydrogen-bond donors (Lipinski definition) is 1. The molecule has 0 fully saturated rings. The van der Waals surface area contributed by atoms with Crippen LogP contribution in [-0.4, -0.2) is 36.6 Å². The minimum absolute atomic E-state index is 0.669. The van der Waals surface area contributed by atoms with Crippen LogP contribution < -0.4 is 5.32 Å². The molecule has 1 unspecified atom stereocenters. The summed E-state index contributed by atoms with van der Waals surface area (Å²) in [5, 5.41) is 3.56. The second-order valence-electron chi connectivity index (χ2n) is 5.98. The number of nitrogens with zero attached hydrogens (tertiary/aromatic N) is 1. The molecule has 0 rings (SSSR count). The Labute approximate surface area is 109 Å². The van der Waals surface area contributed by atoms with Crippen molar-refractivity contribution in [2.45, 2.75) is 72.9 Å². The van der Waals surface area contributed by atoms with Crippen molar-refractivity contribution in [3.8, 4) is 0 Å². The van der Waals surface area contributed by atoms with Gasteiger partial charge < -0.3 is 10.2 Å². The van der Waals surface area contributed by atoms with Crippen LogP contribution in [0.2, 0.25) is 0 Å². The van der Waals surface area contributed by atoms with Gasteiger partial charge in [-0.25, -0.2) is 0 Å². The first-order chi connectivity index (χ1) is 7.97. The van der Waals surface area contributed by atoms with E-state index in [4.69, 9.17) is 0 Å². The Morgan fingerprint density at radius 2 is 1.71 bits per heavy atom. The summed E-state index contributed by atoms with van der Waals surface area (Å²) < 4.78 is 0. The highest BCUT2D eigenvalue weighted by Crippen LogP contribution is 2.07. The summed E-state index contributed by atoms with van der Waals surface area (Å²) in [6.07, 6.45) is 3.83. The van der Waals surface area contributed by atoms with E-state index in [1.165, 1.54) is 32.4 Å². The van der Waals surface area contributed by atoms with Crippen LogP contribution in [0, 0.1) is 5.92 Å². The highest BCUT2D eigenvalue weighted by Gasteiger charge is 2.11. The molecule has 0 aromatic carbocycles. The summed E-state index contributed by atoms with van der Waals surface area (Å²) >= 11 is 0. The smallest absolute Gasteiger partial charge is 0.00391 e. The lowest BCUT2D eigenvalue weighted by atomic mass is 10.1. The van der Waals surface area contributed by atoms with Gasteiger partial charge in [-0.15, -0.1) is 0 Å². The van der Waals surface area contributed by atoms with E-state index < -0.39 is 0 Å². The molecule has 0 amide bonds. The molecule has 0 aliphatic heterocycles. The lowest BCUT2D eigenvalue weighted by Crippen LogP contribution is -2.36. The van der Waals surface area contributed by atoms with E-state index in [9.17, 15) is 0 Å². The molecule has 17 heavy (non-hydrogen) atoms. The molecule has 104 valence electrons. The largest absolute Gasteiger partial charge is 0.314 e. The van der Waals surface area contributed by atoms with E-state index >= 15 is 0 Å². The fourth-order valence-corrected chi connectivity index (χ4v) is 2.12. The minimum Gasteiger partial charge on any atom is -0.314 e. The zero-order chi connectivity index (χ0) is 13.3. The first kappa shape index (κ1) is 16.9. The third-order valence-electron chi connectivity index (χ3n) is 3.16. The molecule has 0 aromatic heterocycles. The quantitative estimate of drug-likeness (QED) is 0.630. The van der Waals surface area contributed by atoms with Gasteiger partial charge in [0.25, 0.3) is 0 Å². The number of rotatable bonds is 10. The van der Waals surface area contributed by atoms with Crippen LogP contribution in [0.3, 0.4) is 0 Å². The molecule has 1 atom stereocenters. The summed E-state index contributed by atoms with van der Waals surface area (Å²) in [6, 6.07) is 1.35. The first-order valence-electron chi connectivity index (χ1n) is 7.44. The van der Waals surface area contributed by atoms with Crippen LogP contribution in [-0.2, 0) is 0 Å². The Hall–Kier alpha value is -0.0800. The van der Waals surface area contributed by atoms with Gasteiger partial charge in [0.05, 0.1) is 0 Å². The molecule has 0 aliphatic carbocycles. The Morgan fingerprint density at radius 1 is 1.06 bits per heavy atom. The van der Waals surface area contributed by atoms with Crippen molar-refractivity contribution in [3.05, 3.63) is 0 Å². The molecular formula is C15H34N2. The van der Waals surface area contributed by atoms with Crippen molar-refractivity contribution in [1.29, 1.82) is 0 Å². The van der Waals surface area contributed by atoms with Gasteiger partial charge in [-0.2, -0.15) is 0 Å². The van der Waals surface area contributed by atoms with Gasteiger partial charge >= 0.3 is 0 Å². The van der Waals surface area contributed by atoms with Gasteiger partial charge in [-0.3, -0.25) is 0 Å². The van der Waals surface area contributed by atoms with Crippen LogP contribution in [0.15, 0.2) is 0 Å². The van der Waals surface area contributed by atoms with E-state index in [2.05, 4.69) is 51.8 Å². The Bertz CT molecular complexity index is 166. The lowest BCUT2D eigenvalue weighted by molar-refractivity contribution is 0.192. The summed E-state index contributed by atoms with van der Waals surface area (Å²) in [6.45, 7) is 17.4. The van der Waals surface area contributed by atoms with Crippen LogP contribution in [0.1, 0.15) is 60.8 Å². The maximum atomic E-state index is 3.56. The van der Waals surface area contributed by atoms with Crippen LogP contribution in [0.5, 0.6) is 0 Å². The molecule has 0 spiro atoms. The predicted molar refractivity (Wildman–Crippen MR) is 78.5 cm³/mol. The van der Waals surface area contributed by atoms with E-state index in [0.717, 1.165) is 12.5 Å². The molecule has 0 aromatic rings. The molecule has 1 N–H and O–H groups in total. The SMILES string of the molecule is CCCNC(C)CCCN(CC(C)C)C(C)C. The van der Waals surface area contributed by atoms with Crippen molar-refractivity contribution in [3.63, 3.8) is 0 Å². The molecule has 0 saturated carbocycles. The summed E-state index contributed by atoms with van der Waals surface area (Å²) in [4.78, 5) is 2.61. The second-order valence-corrected chi connectivity index (χ2v) is 5.98. The van der Waals surface area contributed by atoms with Crippen molar-refractivity contribution in [1.82, 2.24) is 10.2 Å². The maximum Gasteiger partial charge on any atom is 0.00391 e. The molecule has 0 saturated heterocycles. The van der Waals surface area contributed by atoms with Crippen LogP contribution in [0.4, 0.5) is 0 Å². The highest BCUT2D eigenvalue weighted by molar-refractivity contribution is 4.67. The van der Waals surface area contributed by atoms with Crippen molar-refractivity contribution in [2.24, 2.45) is 5.92 Å². The molecule has 2 heteroatoms. The average Bonchev–Trinajstić information content (AvgIpc) is 2.24. The standard InChI is InChI=1S/C15H34N2/c1-7-10-16-15(6)9-8-11-17(14(4)5)12-13(2)3/h13-16H,7-12H2,1-6H3. The maximum absolute atomic E-state index is 3.56. The third kappa shape index (κ3) is 9.61. The molecule has 0 aliphatic rings. The minimum atomic E-state index is 0.669. The third-order valence-corrected chi connectivity index (χ3v) is 3.16. The zero-order valence-corrected chi connectivity index (χ0v) is 12.9. The van der Waals surface area contributed by atoms with Crippen LogP contribution in [0.25, 0.3) is 0 Å². The lowest BCUT2D eigenvalue weighted by Gasteiger charge is -2.28. The normalized spacial score (nSPS) is 13.9. The highest BCUT2D eigenvalue weighted by atomic mass is 15.1. The van der Waals surface area contributed by atoms with E-state index in [-0.39, 0.29) is 0 Å². The van der Waals surface area contributed by atoms with Crippen molar-refractivity contribution in [2.75, 3.05) is 19.6 Å². The Kier molecular flexibility index (Phi) is 9.85. The van der Waals surface area contributed by atoms with E-state index in [0.29, 0.717) is 12.1 Å². The summed E-state index contributed by atoms with van der Waals surface area (Å²) in [7, 11) is 0. The van der Waals surface area contributed by atoms with Gasteiger partial charge in [0.15, 0.2) is 0 Å². The average molecular weight is 242 g/mol. The Morgan fingerprint density at radius 3 is 2.18 bits per heavy atom. The van der Waals surface area contributed by atoms with Gasteiger partial charge in [0, 0.05) is 18.6 Å². The predicted octanol–water partition coefficient (Wildman–Crippen LogP) is 3.52. The van der Waals surface area contributed by atoms with Gasteiger partial charge in [0.2, 0.25) is 0 Å². The first-order valence-corrected chi connectivity index (χ1v) is 7.44. The van der Waals surface area contributed by atoms with Crippen molar-refractivity contribution >= 4 is 0 Å². The zero-order valence-electron chi connectivity index (χ0n) is 12.9.